The molecule has 0 unspecified atom stereocenters. The summed E-state index contributed by atoms with van der Waals surface area (Å²) < 4.78 is 13.1. The molecule has 0 saturated carbocycles. The maximum atomic E-state index is 11.7. The number of fused-ring (bicyclic) bond motifs is 1. The highest BCUT2D eigenvalue weighted by atomic mass is 79.9. The third-order valence-electron chi connectivity index (χ3n) is 2.80. The molecule has 0 bridgehead atoms. The highest BCUT2D eigenvalue weighted by Crippen LogP contribution is 2.17. The van der Waals surface area contributed by atoms with Gasteiger partial charge in [0.15, 0.2) is 11.2 Å². The van der Waals surface area contributed by atoms with Crippen molar-refractivity contribution in [2.24, 2.45) is 0 Å². The van der Waals surface area contributed by atoms with E-state index in [4.69, 9.17) is 9.15 Å². The van der Waals surface area contributed by atoms with Crippen LogP contribution in [0.2, 0.25) is 0 Å². The second-order valence-corrected chi connectivity index (χ2v) is 5.07. The molecule has 0 aliphatic heterocycles. The molecule has 6 heteroatoms. The summed E-state index contributed by atoms with van der Waals surface area (Å²) in [7, 11) is 0. The van der Waals surface area contributed by atoms with E-state index in [0.717, 1.165) is 10.2 Å². The number of benzene rings is 1. The van der Waals surface area contributed by atoms with Crippen molar-refractivity contribution in [3.63, 3.8) is 0 Å². The lowest BCUT2D eigenvalue weighted by Gasteiger charge is -2.06. The Kier molecular flexibility index (Phi) is 3.56. The number of oxazole rings is 1. The van der Waals surface area contributed by atoms with Crippen molar-refractivity contribution < 1.29 is 9.15 Å². The largest absolute Gasteiger partial charge is 0.492 e. The minimum Gasteiger partial charge on any atom is -0.492 e. The standard InChI is InChI=1S/C14H11BrN2O3/c15-10-3-1-4-11(9-10)19-8-7-17-13-12(20-14(17)18)5-2-6-16-13/h1-6,9H,7-8H2. The van der Waals surface area contributed by atoms with Crippen molar-refractivity contribution in [1.29, 1.82) is 0 Å². The van der Waals surface area contributed by atoms with E-state index >= 15 is 0 Å². The van der Waals surface area contributed by atoms with E-state index in [9.17, 15) is 4.79 Å². The molecule has 0 radical (unpaired) electrons. The summed E-state index contributed by atoms with van der Waals surface area (Å²) in [4.78, 5) is 15.9. The summed E-state index contributed by atoms with van der Waals surface area (Å²) in [6, 6.07) is 11.0. The van der Waals surface area contributed by atoms with Crippen LogP contribution in [-0.4, -0.2) is 16.2 Å². The molecule has 3 aromatic rings. The second kappa shape index (κ2) is 5.50. The molecule has 0 atom stereocenters. The van der Waals surface area contributed by atoms with Gasteiger partial charge in [-0.3, -0.25) is 4.57 Å². The van der Waals surface area contributed by atoms with Crippen LogP contribution >= 0.6 is 15.9 Å². The first-order valence-corrected chi connectivity index (χ1v) is 6.86. The van der Waals surface area contributed by atoms with Crippen LogP contribution in [0, 0.1) is 0 Å². The van der Waals surface area contributed by atoms with Crippen molar-refractivity contribution in [2.75, 3.05) is 6.61 Å². The van der Waals surface area contributed by atoms with E-state index in [2.05, 4.69) is 20.9 Å². The molecule has 2 heterocycles. The topological polar surface area (TPSA) is 57.3 Å². The van der Waals surface area contributed by atoms with Crippen molar-refractivity contribution in [1.82, 2.24) is 9.55 Å². The lowest BCUT2D eigenvalue weighted by atomic mass is 10.3. The maximum Gasteiger partial charge on any atom is 0.421 e. The Balaban J connectivity index is 1.74. The minimum atomic E-state index is -0.420. The Bertz CT molecular complexity index is 794. The first kappa shape index (κ1) is 12.9. The van der Waals surface area contributed by atoms with Crippen LogP contribution in [-0.2, 0) is 6.54 Å². The van der Waals surface area contributed by atoms with E-state index in [1.807, 2.05) is 24.3 Å². The van der Waals surface area contributed by atoms with Gasteiger partial charge in [-0.05, 0) is 30.3 Å². The molecule has 3 rings (SSSR count). The fraction of sp³-hybridized carbons (Fsp3) is 0.143. The summed E-state index contributed by atoms with van der Waals surface area (Å²) in [5, 5.41) is 0. The Morgan fingerprint density at radius 1 is 1.30 bits per heavy atom. The molecule has 0 amide bonds. The number of hydrogen-bond acceptors (Lipinski definition) is 4. The number of pyridine rings is 1. The smallest absolute Gasteiger partial charge is 0.421 e. The average molecular weight is 335 g/mol. The summed E-state index contributed by atoms with van der Waals surface area (Å²) in [5.41, 5.74) is 1.02. The van der Waals surface area contributed by atoms with Gasteiger partial charge in [0.1, 0.15) is 12.4 Å². The van der Waals surface area contributed by atoms with Crippen LogP contribution in [0.15, 0.2) is 56.3 Å². The SMILES string of the molecule is O=c1oc2cccnc2n1CCOc1cccc(Br)c1. The van der Waals surface area contributed by atoms with Crippen LogP contribution in [0.3, 0.4) is 0 Å². The number of aromatic nitrogens is 2. The molecule has 1 aromatic carbocycles. The Labute approximate surface area is 122 Å². The number of halogens is 1. The maximum absolute atomic E-state index is 11.7. The molecule has 102 valence electrons. The third kappa shape index (κ3) is 2.60. The van der Waals surface area contributed by atoms with Gasteiger partial charge >= 0.3 is 5.76 Å². The first-order chi connectivity index (χ1) is 9.74. The summed E-state index contributed by atoms with van der Waals surface area (Å²) in [5.74, 6) is 0.324. The third-order valence-corrected chi connectivity index (χ3v) is 3.30. The van der Waals surface area contributed by atoms with Crippen LogP contribution in [0.1, 0.15) is 0 Å². The lowest BCUT2D eigenvalue weighted by molar-refractivity contribution is 0.294. The Morgan fingerprint density at radius 3 is 3.05 bits per heavy atom. The Morgan fingerprint density at radius 2 is 2.20 bits per heavy atom. The van der Waals surface area contributed by atoms with Crippen LogP contribution < -0.4 is 10.5 Å². The van der Waals surface area contributed by atoms with Crippen LogP contribution in [0.25, 0.3) is 11.2 Å². The van der Waals surface area contributed by atoms with E-state index in [1.54, 1.807) is 18.3 Å². The fourth-order valence-corrected chi connectivity index (χ4v) is 2.29. The monoisotopic (exact) mass is 334 g/mol. The van der Waals surface area contributed by atoms with Gasteiger partial charge in [-0.25, -0.2) is 9.78 Å². The number of hydrogen-bond donors (Lipinski definition) is 0. The van der Waals surface area contributed by atoms with Crippen molar-refractivity contribution >= 4 is 27.2 Å². The van der Waals surface area contributed by atoms with Gasteiger partial charge in [-0.1, -0.05) is 22.0 Å². The van der Waals surface area contributed by atoms with Gasteiger partial charge < -0.3 is 9.15 Å². The molecular formula is C14H11BrN2O3. The van der Waals surface area contributed by atoms with E-state index in [1.165, 1.54) is 4.57 Å². The van der Waals surface area contributed by atoms with E-state index in [0.29, 0.717) is 24.4 Å². The highest BCUT2D eigenvalue weighted by molar-refractivity contribution is 9.10. The van der Waals surface area contributed by atoms with Gasteiger partial charge in [0, 0.05) is 10.7 Å². The van der Waals surface area contributed by atoms with Crippen LogP contribution in [0.5, 0.6) is 5.75 Å². The quantitative estimate of drug-likeness (QED) is 0.736. The van der Waals surface area contributed by atoms with Gasteiger partial charge in [-0.2, -0.15) is 0 Å². The zero-order valence-corrected chi connectivity index (χ0v) is 12.0. The molecular weight excluding hydrogens is 324 g/mol. The molecule has 0 spiro atoms. The number of rotatable bonds is 4. The molecule has 0 aliphatic carbocycles. The Hall–Kier alpha value is -2.08. The van der Waals surface area contributed by atoms with Crippen molar-refractivity contribution in [2.45, 2.75) is 6.54 Å². The number of ether oxygens (including phenoxy) is 1. The van der Waals surface area contributed by atoms with Gasteiger partial charge in [0.25, 0.3) is 0 Å². The minimum absolute atomic E-state index is 0.363. The van der Waals surface area contributed by atoms with E-state index < -0.39 is 5.76 Å². The molecule has 0 N–H and O–H groups in total. The average Bonchev–Trinajstić information content (AvgIpc) is 2.75. The molecule has 0 aliphatic rings. The summed E-state index contributed by atoms with van der Waals surface area (Å²) >= 11 is 3.38. The predicted octanol–water partition coefficient (Wildman–Crippen LogP) is 2.83. The normalized spacial score (nSPS) is 10.8. The predicted molar refractivity (Wildman–Crippen MR) is 77.9 cm³/mol. The number of nitrogens with zero attached hydrogens (tertiary/aromatic N) is 2. The van der Waals surface area contributed by atoms with E-state index in [-0.39, 0.29) is 0 Å². The van der Waals surface area contributed by atoms with Gasteiger partial charge in [0.05, 0.1) is 6.54 Å². The van der Waals surface area contributed by atoms with Crippen molar-refractivity contribution in [3.8, 4) is 5.75 Å². The van der Waals surface area contributed by atoms with Gasteiger partial charge in [-0.15, -0.1) is 0 Å². The molecule has 0 saturated heterocycles. The highest BCUT2D eigenvalue weighted by Gasteiger charge is 2.09. The second-order valence-electron chi connectivity index (χ2n) is 4.15. The zero-order valence-electron chi connectivity index (χ0n) is 10.5. The molecule has 20 heavy (non-hydrogen) atoms. The molecule has 2 aromatic heterocycles. The molecule has 0 fully saturated rings. The lowest BCUT2D eigenvalue weighted by Crippen LogP contribution is -2.19. The summed E-state index contributed by atoms with van der Waals surface area (Å²) in [6.45, 7) is 0.747. The zero-order chi connectivity index (χ0) is 13.9. The van der Waals surface area contributed by atoms with Gasteiger partial charge in [0.2, 0.25) is 0 Å². The van der Waals surface area contributed by atoms with Crippen LogP contribution in [0.4, 0.5) is 0 Å². The first-order valence-electron chi connectivity index (χ1n) is 6.07. The van der Waals surface area contributed by atoms with Crippen molar-refractivity contribution in [3.05, 3.63) is 57.6 Å². The fourth-order valence-electron chi connectivity index (χ4n) is 1.91. The molecule has 5 nitrogen and oxygen atoms in total. The summed E-state index contributed by atoms with van der Waals surface area (Å²) in [6.07, 6.45) is 1.63.